The second-order valence-corrected chi connectivity index (χ2v) is 18.4. The van der Waals surface area contributed by atoms with Crippen LogP contribution in [-0.2, 0) is 54.4 Å². The lowest BCUT2D eigenvalue weighted by Gasteiger charge is -2.28. The lowest BCUT2D eigenvalue weighted by atomic mass is 9.82. The van der Waals surface area contributed by atoms with E-state index in [1.807, 2.05) is 109 Å². The Morgan fingerprint density at radius 3 is 1.14 bits per heavy atom. The van der Waals surface area contributed by atoms with Gasteiger partial charge in [0.25, 0.3) is 11.8 Å². The van der Waals surface area contributed by atoms with Gasteiger partial charge in [-0.1, -0.05) is 197 Å². The Morgan fingerprint density at radius 2 is 0.758 bits per heavy atom. The summed E-state index contributed by atoms with van der Waals surface area (Å²) in [7, 11) is 3.78. The van der Waals surface area contributed by atoms with Crippen LogP contribution in [0.4, 0.5) is 0 Å². The molecule has 0 atom stereocenters. The molecule has 66 heavy (non-hydrogen) atoms. The van der Waals surface area contributed by atoms with Gasteiger partial charge in [0, 0.05) is 27.2 Å². The molecule has 0 saturated heterocycles. The number of amides is 2. The SMILES string of the molecule is CN(Cc1ccc(CN(C)C(=O)c2c3ccccc3c(COCc3ccccc3)c3ccccc23)c(C(C)(C)C)c1)C(=O)c1c2ccccc2c(COCc2ccccc2)c2ccccc12. The van der Waals surface area contributed by atoms with E-state index in [1.54, 1.807) is 0 Å². The molecule has 0 unspecified atom stereocenters. The molecule has 0 bridgehead atoms. The zero-order valence-corrected chi connectivity index (χ0v) is 38.5. The Kier molecular flexibility index (Phi) is 12.8. The summed E-state index contributed by atoms with van der Waals surface area (Å²) >= 11 is 0. The molecule has 0 aliphatic carbocycles. The molecule has 9 rings (SSSR count). The fourth-order valence-electron chi connectivity index (χ4n) is 9.51. The number of carbonyl (C=O) groups is 2. The van der Waals surface area contributed by atoms with Gasteiger partial charge in [0.15, 0.2) is 0 Å². The molecule has 2 amide bonds. The minimum atomic E-state index is -0.233. The van der Waals surface area contributed by atoms with E-state index in [1.165, 1.54) is 0 Å². The van der Waals surface area contributed by atoms with Crippen LogP contribution >= 0.6 is 0 Å². The van der Waals surface area contributed by atoms with Crippen LogP contribution in [0.15, 0.2) is 176 Å². The van der Waals surface area contributed by atoms with Gasteiger partial charge in [-0.3, -0.25) is 9.59 Å². The maximum Gasteiger partial charge on any atom is 0.255 e. The van der Waals surface area contributed by atoms with Crippen LogP contribution in [0, 0.1) is 0 Å². The molecule has 0 aliphatic heterocycles. The number of fused-ring (bicyclic) bond motifs is 4. The highest BCUT2D eigenvalue weighted by Crippen LogP contribution is 2.37. The average Bonchev–Trinajstić information content (AvgIpc) is 3.34. The molecule has 6 nitrogen and oxygen atoms in total. The van der Waals surface area contributed by atoms with E-state index in [-0.39, 0.29) is 17.2 Å². The molecule has 0 aliphatic rings. The van der Waals surface area contributed by atoms with Crippen molar-refractivity contribution in [3.63, 3.8) is 0 Å². The van der Waals surface area contributed by atoms with E-state index in [4.69, 9.17) is 9.47 Å². The van der Waals surface area contributed by atoms with Crippen LogP contribution in [0.3, 0.4) is 0 Å². The van der Waals surface area contributed by atoms with Crippen molar-refractivity contribution in [1.29, 1.82) is 0 Å². The lowest BCUT2D eigenvalue weighted by molar-refractivity contribution is 0.0780. The summed E-state index contributed by atoms with van der Waals surface area (Å²) in [4.78, 5) is 33.2. The average molecular weight is 869 g/mol. The molecule has 0 N–H and O–H groups in total. The molecule has 0 aromatic heterocycles. The fraction of sp³-hybridized carbons (Fsp3) is 0.200. The molecule has 9 aromatic carbocycles. The van der Waals surface area contributed by atoms with Gasteiger partial charge in [0.1, 0.15) is 0 Å². The van der Waals surface area contributed by atoms with Gasteiger partial charge in [-0.05, 0) is 87.4 Å². The zero-order valence-electron chi connectivity index (χ0n) is 38.5. The molecule has 330 valence electrons. The van der Waals surface area contributed by atoms with Gasteiger partial charge in [0.05, 0.1) is 37.6 Å². The van der Waals surface area contributed by atoms with E-state index < -0.39 is 0 Å². The fourth-order valence-corrected chi connectivity index (χ4v) is 9.51. The van der Waals surface area contributed by atoms with Gasteiger partial charge in [-0.2, -0.15) is 0 Å². The first-order chi connectivity index (χ1) is 32.1. The molecular formula is C60H56N2O4. The first kappa shape index (κ1) is 44.1. The standard InChI is InChI=1S/C60H56N2O4/c1-60(2,3)55-34-43(35-61(4)58(63)56-49-28-16-12-24-45(49)53(46-25-13-17-29-50(46)56)39-65-37-41-20-8-6-9-21-41)32-33-44(55)36-62(5)59(64)57-51-30-18-14-26-47(51)54(48-27-15-19-31-52(48)57)40-66-38-42-22-10-7-11-23-42/h6-34H,35-40H2,1-5H3. The number of rotatable bonds is 14. The van der Waals surface area contributed by atoms with Crippen molar-refractivity contribution in [2.24, 2.45) is 0 Å². The maximum atomic E-state index is 14.8. The molecule has 0 radical (unpaired) electrons. The quantitative estimate of drug-likeness (QED) is 0.102. The van der Waals surface area contributed by atoms with Crippen molar-refractivity contribution in [1.82, 2.24) is 9.80 Å². The van der Waals surface area contributed by atoms with Crippen LogP contribution < -0.4 is 0 Å². The molecule has 0 saturated carbocycles. The Morgan fingerprint density at radius 1 is 0.409 bits per heavy atom. The van der Waals surface area contributed by atoms with Gasteiger partial charge >= 0.3 is 0 Å². The first-order valence-corrected chi connectivity index (χ1v) is 22.8. The van der Waals surface area contributed by atoms with Crippen LogP contribution in [0.25, 0.3) is 43.1 Å². The van der Waals surface area contributed by atoms with Gasteiger partial charge in [-0.15, -0.1) is 0 Å². The van der Waals surface area contributed by atoms with Crippen molar-refractivity contribution in [2.75, 3.05) is 14.1 Å². The van der Waals surface area contributed by atoms with Crippen molar-refractivity contribution < 1.29 is 19.1 Å². The predicted molar refractivity (Wildman–Crippen MR) is 270 cm³/mol. The lowest BCUT2D eigenvalue weighted by Crippen LogP contribution is -2.29. The summed E-state index contributed by atoms with van der Waals surface area (Å²) in [6, 6.07) is 59.6. The first-order valence-electron chi connectivity index (χ1n) is 22.8. The third kappa shape index (κ3) is 9.08. The van der Waals surface area contributed by atoms with E-state index in [0.717, 1.165) is 82.0 Å². The minimum Gasteiger partial charge on any atom is -0.372 e. The summed E-state index contributed by atoms with van der Waals surface area (Å²) < 4.78 is 12.6. The van der Waals surface area contributed by atoms with Gasteiger partial charge in [-0.25, -0.2) is 0 Å². The van der Waals surface area contributed by atoms with Crippen molar-refractivity contribution in [3.05, 3.63) is 226 Å². The Labute approximate surface area is 388 Å². The topological polar surface area (TPSA) is 59.1 Å². The molecule has 0 fully saturated rings. The molecule has 6 heteroatoms. The summed E-state index contributed by atoms with van der Waals surface area (Å²) in [6.07, 6.45) is 0. The predicted octanol–water partition coefficient (Wildman–Crippen LogP) is 13.6. The van der Waals surface area contributed by atoms with Crippen molar-refractivity contribution >= 4 is 54.9 Å². The number of ether oxygens (including phenoxy) is 2. The van der Waals surface area contributed by atoms with Crippen molar-refractivity contribution in [2.45, 2.75) is 65.7 Å². The van der Waals surface area contributed by atoms with Crippen molar-refractivity contribution in [3.8, 4) is 0 Å². The summed E-state index contributed by atoms with van der Waals surface area (Å²) in [5.74, 6) is -0.0826. The Balaban J connectivity index is 0.977. The van der Waals surface area contributed by atoms with Crippen LogP contribution in [0.1, 0.15) is 80.4 Å². The van der Waals surface area contributed by atoms with E-state index in [9.17, 15) is 9.59 Å². The smallest absolute Gasteiger partial charge is 0.255 e. The Bertz CT molecular complexity index is 3100. The van der Waals surface area contributed by atoms with E-state index in [2.05, 4.69) is 112 Å². The molecule has 9 aromatic rings. The zero-order chi connectivity index (χ0) is 45.8. The van der Waals surface area contributed by atoms with Crippen LogP contribution in [0.5, 0.6) is 0 Å². The maximum absolute atomic E-state index is 14.8. The highest BCUT2D eigenvalue weighted by atomic mass is 16.5. The van der Waals surface area contributed by atoms with E-state index in [0.29, 0.717) is 50.6 Å². The molecule has 0 heterocycles. The highest BCUT2D eigenvalue weighted by Gasteiger charge is 2.26. The monoisotopic (exact) mass is 868 g/mol. The van der Waals surface area contributed by atoms with Crippen LogP contribution in [0.2, 0.25) is 0 Å². The molecular weight excluding hydrogens is 813 g/mol. The number of hydrogen-bond acceptors (Lipinski definition) is 4. The number of carbonyl (C=O) groups excluding carboxylic acids is 2. The third-order valence-corrected chi connectivity index (χ3v) is 12.7. The van der Waals surface area contributed by atoms with E-state index >= 15 is 0 Å². The number of hydrogen-bond donors (Lipinski definition) is 0. The van der Waals surface area contributed by atoms with Crippen LogP contribution in [-0.4, -0.2) is 35.7 Å². The summed E-state index contributed by atoms with van der Waals surface area (Å²) in [5.41, 5.74) is 8.77. The number of benzene rings is 9. The summed E-state index contributed by atoms with van der Waals surface area (Å²) in [6.45, 7) is 9.30. The molecule has 0 spiro atoms. The minimum absolute atomic E-state index is 0.0401. The van der Waals surface area contributed by atoms with Gasteiger partial charge < -0.3 is 19.3 Å². The summed E-state index contributed by atoms with van der Waals surface area (Å²) in [5, 5.41) is 7.72. The Hall–Kier alpha value is -7.12. The second kappa shape index (κ2) is 19.2. The third-order valence-electron chi connectivity index (χ3n) is 12.7. The second-order valence-electron chi connectivity index (χ2n) is 18.4. The largest absolute Gasteiger partial charge is 0.372 e. The van der Waals surface area contributed by atoms with Gasteiger partial charge in [0.2, 0.25) is 0 Å². The number of nitrogens with zero attached hydrogens (tertiary/aromatic N) is 2. The highest BCUT2D eigenvalue weighted by molar-refractivity contribution is 6.20. The normalized spacial score (nSPS) is 11.7.